The maximum atomic E-state index is 12.0. The molecule has 20 heavy (non-hydrogen) atoms. The van der Waals surface area contributed by atoms with E-state index in [1.807, 2.05) is 6.92 Å². The molecular formula is C13H30IN3O2S. The van der Waals surface area contributed by atoms with Gasteiger partial charge in [0.2, 0.25) is 0 Å². The van der Waals surface area contributed by atoms with E-state index in [1.54, 1.807) is 20.8 Å². The van der Waals surface area contributed by atoms with E-state index in [0.717, 1.165) is 13.1 Å². The summed E-state index contributed by atoms with van der Waals surface area (Å²) >= 11 is 0. The number of halogens is 1. The standard InChI is InChI=1S/C13H29N3O2S.HI/c1-7-14-12(16-10-11(2)3)15-8-9-19(17,18)13(4,5)6;/h11H,7-10H2,1-6H3,(H2,14,15,16);1H. The largest absolute Gasteiger partial charge is 0.357 e. The first kappa shape index (κ1) is 22.2. The maximum absolute atomic E-state index is 12.0. The molecule has 0 aliphatic heterocycles. The lowest BCUT2D eigenvalue weighted by Gasteiger charge is -2.19. The Bertz CT molecular complexity index is 387. The summed E-state index contributed by atoms with van der Waals surface area (Å²) in [4.78, 5) is 4.39. The summed E-state index contributed by atoms with van der Waals surface area (Å²) in [5, 5.41) is 6.17. The predicted molar refractivity (Wildman–Crippen MR) is 97.8 cm³/mol. The molecule has 5 nitrogen and oxygen atoms in total. The number of aliphatic imine (C=N–C) groups is 1. The van der Waals surface area contributed by atoms with Crippen LogP contribution in [-0.4, -0.2) is 44.5 Å². The van der Waals surface area contributed by atoms with E-state index >= 15 is 0 Å². The third-order valence-electron chi connectivity index (χ3n) is 2.56. The van der Waals surface area contributed by atoms with Crippen LogP contribution >= 0.6 is 24.0 Å². The Kier molecular flexibility index (Phi) is 10.9. The van der Waals surface area contributed by atoms with E-state index < -0.39 is 14.6 Å². The highest BCUT2D eigenvalue weighted by Crippen LogP contribution is 2.15. The lowest BCUT2D eigenvalue weighted by Crippen LogP contribution is -2.42. The molecule has 0 aromatic heterocycles. The van der Waals surface area contributed by atoms with Gasteiger partial charge in [0.05, 0.1) is 10.5 Å². The van der Waals surface area contributed by atoms with Crippen molar-refractivity contribution in [1.82, 2.24) is 10.6 Å². The van der Waals surface area contributed by atoms with E-state index in [2.05, 4.69) is 29.5 Å². The fourth-order valence-electron chi connectivity index (χ4n) is 1.23. The average Bonchev–Trinajstić information content (AvgIpc) is 2.24. The smallest absolute Gasteiger partial charge is 0.191 e. The Hall–Kier alpha value is -0.0500. The number of hydrogen-bond donors (Lipinski definition) is 2. The van der Waals surface area contributed by atoms with E-state index in [9.17, 15) is 8.42 Å². The second-order valence-corrected chi connectivity index (χ2v) is 8.83. The Morgan fingerprint density at radius 1 is 1.20 bits per heavy atom. The van der Waals surface area contributed by atoms with E-state index in [0.29, 0.717) is 18.4 Å². The number of rotatable bonds is 6. The van der Waals surface area contributed by atoms with Crippen molar-refractivity contribution in [3.05, 3.63) is 0 Å². The Labute approximate surface area is 141 Å². The highest BCUT2D eigenvalue weighted by Gasteiger charge is 2.28. The summed E-state index contributed by atoms with van der Waals surface area (Å²) in [5.41, 5.74) is 0. The van der Waals surface area contributed by atoms with Crippen molar-refractivity contribution in [2.24, 2.45) is 10.9 Å². The molecule has 0 radical (unpaired) electrons. The van der Waals surface area contributed by atoms with Crippen LogP contribution in [0.4, 0.5) is 0 Å². The van der Waals surface area contributed by atoms with Gasteiger partial charge < -0.3 is 10.6 Å². The first-order chi connectivity index (χ1) is 8.60. The summed E-state index contributed by atoms with van der Waals surface area (Å²) in [6.45, 7) is 13.2. The minimum Gasteiger partial charge on any atom is -0.357 e. The first-order valence-corrected chi connectivity index (χ1v) is 8.50. The first-order valence-electron chi connectivity index (χ1n) is 6.84. The van der Waals surface area contributed by atoms with Crippen LogP contribution in [0.2, 0.25) is 0 Å². The van der Waals surface area contributed by atoms with Gasteiger partial charge in [-0.1, -0.05) is 13.8 Å². The molecule has 0 aliphatic rings. The fraction of sp³-hybridized carbons (Fsp3) is 0.923. The molecule has 0 bridgehead atoms. The topological polar surface area (TPSA) is 70.6 Å². The lowest BCUT2D eigenvalue weighted by molar-refractivity contribution is 0.559. The van der Waals surface area contributed by atoms with Crippen LogP contribution in [0.15, 0.2) is 4.99 Å². The van der Waals surface area contributed by atoms with Gasteiger partial charge in [0, 0.05) is 19.6 Å². The number of guanidine groups is 1. The highest BCUT2D eigenvalue weighted by atomic mass is 127. The highest BCUT2D eigenvalue weighted by molar-refractivity contribution is 14.0. The molecule has 0 saturated carbocycles. The van der Waals surface area contributed by atoms with Gasteiger partial charge in [-0.25, -0.2) is 8.42 Å². The van der Waals surface area contributed by atoms with Crippen molar-refractivity contribution in [1.29, 1.82) is 0 Å². The van der Waals surface area contributed by atoms with Crippen LogP contribution in [0.5, 0.6) is 0 Å². The summed E-state index contributed by atoms with van der Waals surface area (Å²) in [6, 6.07) is 0. The fourth-order valence-corrected chi connectivity index (χ4v) is 2.21. The summed E-state index contributed by atoms with van der Waals surface area (Å²) < 4.78 is 23.2. The monoisotopic (exact) mass is 419 g/mol. The van der Waals surface area contributed by atoms with Gasteiger partial charge in [0.1, 0.15) is 0 Å². The van der Waals surface area contributed by atoms with E-state index in [1.165, 1.54) is 0 Å². The zero-order valence-electron chi connectivity index (χ0n) is 13.5. The van der Waals surface area contributed by atoms with Gasteiger partial charge >= 0.3 is 0 Å². The van der Waals surface area contributed by atoms with Crippen molar-refractivity contribution in [2.75, 3.05) is 25.4 Å². The van der Waals surface area contributed by atoms with Gasteiger partial charge in [0.25, 0.3) is 0 Å². The van der Waals surface area contributed by atoms with Crippen molar-refractivity contribution >= 4 is 39.8 Å². The molecule has 0 atom stereocenters. The zero-order chi connectivity index (χ0) is 15.1. The quantitative estimate of drug-likeness (QED) is 0.393. The number of hydrogen-bond acceptors (Lipinski definition) is 3. The summed E-state index contributed by atoms with van der Waals surface area (Å²) in [5.74, 6) is 1.27. The van der Waals surface area contributed by atoms with E-state index in [-0.39, 0.29) is 29.7 Å². The van der Waals surface area contributed by atoms with Gasteiger partial charge in [-0.2, -0.15) is 0 Å². The molecule has 0 heterocycles. The second kappa shape index (κ2) is 9.81. The van der Waals surface area contributed by atoms with Crippen LogP contribution < -0.4 is 10.6 Å². The Morgan fingerprint density at radius 2 is 1.75 bits per heavy atom. The minimum atomic E-state index is -3.08. The van der Waals surface area contributed by atoms with Gasteiger partial charge in [-0.05, 0) is 33.6 Å². The molecule has 0 rings (SSSR count). The third kappa shape index (κ3) is 8.99. The lowest BCUT2D eigenvalue weighted by atomic mass is 10.2. The molecule has 0 saturated heterocycles. The van der Waals surface area contributed by atoms with E-state index in [4.69, 9.17) is 0 Å². The molecule has 2 N–H and O–H groups in total. The molecule has 0 spiro atoms. The number of nitrogens with one attached hydrogen (secondary N) is 2. The van der Waals surface area contributed by atoms with Crippen molar-refractivity contribution in [3.8, 4) is 0 Å². The van der Waals surface area contributed by atoms with Crippen LogP contribution in [0.25, 0.3) is 0 Å². The van der Waals surface area contributed by atoms with Crippen LogP contribution in [0.3, 0.4) is 0 Å². The molecular weight excluding hydrogens is 389 g/mol. The van der Waals surface area contributed by atoms with Crippen molar-refractivity contribution in [2.45, 2.75) is 46.3 Å². The van der Waals surface area contributed by atoms with Crippen LogP contribution in [0, 0.1) is 5.92 Å². The average molecular weight is 419 g/mol. The molecule has 122 valence electrons. The molecule has 0 unspecified atom stereocenters. The van der Waals surface area contributed by atoms with Crippen molar-refractivity contribution in [3.63, 3.8) is 0 Å². The minimum absolute atomic E-state index is 0. The van der Waals surface area contributed by atoms with Gasteiger partial charge in [0.15, 0.2) is 15.8 Å². The molecule has 0 amide bonds. The molecule has 0 aromatic rings. The SMILES string of the molecule is CCNC(=NCC(C)C)NCCS(=O)(=O)C(C)(C)C.I. The van der Waals surface area contributed by atoms with Gasteiger partial charge in [-0.3, -0.25) is 4.99 Å². The third-order valence-corrected chi connectivity index (χ3v) is 5.16. The Balaban J connectivity index is 0. The normalized spacial score (nSPS) is 13.1. The molecule has 0 aliphatic carbocycles. The maximum Gasteiger partial charge on any atom is 0.191 e. The van der Waals surface area contributed by atoms with Gasteiger partial charge in [-0.15, -0.1) is 24.0 Å². The van der Waals surface area contributed by atoms with Crippen LogP contribution in [0.1, 0.15) is 41.5 Å². The molecule has 7 heteroatoms. The molecule has 0 fully saturated rings. The van der Waals surface area contributed by atoms with Crippen LogP contribution in [-0.2, 0) is 9.84 Å². The summed E-state index contributed by atoms with van der Waals surface area (Å²) in [6.07, 6.45) is 0. The van der Waals surface area contributed by atoms with Crippen molar-refractivity contribution < 1.29 is 8.42 Å². The Morgan fingerprint density at radius 3 is 2.15 bits per heavy atom. The second-order valence-electron chi connectivity index (χ2n) is 5.97. The predicted octanol–water partition coefficient (Wildman–Crippen LogP) is 2.03. The number of sulfone groups is 1. The zero-order valence-corrected chi connectivity index (χ0v) is 16.6. The summed E-state index contributed by atoms with van der Waals surface area (Å²) in [7, 11) is -3.08. The molecule has 0 aromatic carbocycles. The number of nitrogens with zero attached hydrogens (tertiary/aromatic N) is 1.